The first kappa shape index (κ1) is 14.8. The molecule has 1 atom stereocenters. The van der Waals surface area contributed by atoms with Crippen molar-refractivity contribution >= 4 is 5.91 Å². The average molecular weight is 267 g/mol. The summed E-state index contributed by atoms with van der Waals surface area (Å²) in [5.41, 5.74) is 0. The molecule has 0 aromatic rings. The number of likely N-dealkylation sites (tertiary alicyclic amines) is 2. The molecule has 2 heterocycles. The minimum atomic E-state index is 0.292. The first-order valence-corrected chi connectivity index (χ1v) is 7.96. The van der Waals surface area contributed by atoms with Crippen LogP contribution < -0.4 is 5.32 Å². The zero-order valence-electron chi connectivity index (χ0n) is 12.4. The lowest BCUT2D eigenvalue weighted by Gasteiger charge is -2.32. The van der Waals surface area contributed by atoms with E-state index in [9.17, 15) is 4.79 Å². The van der Waals surface area contributed by atoms with Crippen molar-refractivity contribution in [3.8, 4) is 0 Å². The Hall–Kier alpha value is -0.610. The van der Waals surface area contributed by atoms with Crippen LogP contribution >= 0.6 is 0 Å². The normalized spacial score (nSPS) is 26.2. The van der Waals surface area contributed by atoms with Crippen molar-refractivity contribution in [2.75, 3.05) is 39.8 Å². The van der Waals surface area contributed by atoms with Crippen LogP contribution in [0.4, 0.5) is 0 Å². The Bertz CT molecular complexity index is 275. The van der Waals surface area contributed by atoms with E-state index in [1.165, 1.54) is 51.5 Å². The third-order valence-corrected chi connectivity index (χ3v) is 4.54. The number of hydrogen-bond donors (Lipinski definition) is 1. The van der Waals surface area contributed by atoms with Crippen molar-refractivity contribution in [3.63, 3.8) is 0 Å². The second kappa shape index (κ2) is 7.85. The van der Waals surface area contributed by atoms with Crippen LogP contribution in [0.2, 0.25) is 0 Å². The van der Waals surface area contributed by atoms with Crippen LogP contribution in [0.15, 0.2) is 0 Å². The van der Waals surface area contributed by atoms with E-state index in [-0.39, 0.29) is 0 Å². The molecule has 0 saturated carbocycles. The summed E-state index contributed by atoms with van der Waals surface area (Å²) in [6.07, 6.45) is 8.83. The molecule has 2 rings (SSSR count). The first-order valence-electron chi connectivity index (χ1n) is 7.96. The minimum absolute atomic E-state index is 0.292. The van der Waals surface area contributed by atoms with Crippen molar-refractivity contribution in [1.82, 2.24) is 15.1 Å². The van der Waals surface area contributed by atoms with Gasteiger partial charge in [0.2, 0.25) is 5.91 Å². The molecule has 1 N–H and O–H groups in total. The Labute approximate surface area is 117 Å². The maximum atomic E-state index is 12.1. The van der Waals surface area contributed by atoms with Crippen LogP contribution in [0.1, 0.15) is 44.9 Å². The van der Waals surface area contributed by atoms with Crippen molar-refractivity contribution in [2.45, 2.75) is 51.0 Å². The Morgan fingerprint density at radius 2 is 1.74 bits per heavy atom. The van der Waals surface area contributed by atoms with Crippen molar-refractivity contribution in [2.24, 2.45) is 0 Å². The number of amides is 1. The third kappa shape index (κ3) is 4.77. The van der Waals surface area contributed by atoms with Crippen LogP contribution in [-0.2, 0) is 4.79 Å². The fourth-order valence-corrected chi connectivity index (χ4v) is 3.18. The standard InChI is InChI=1S/C15H29N3O/c1-17-9-7-4-8-14(17)12-16-13-15(19)18-10-5-2-3-6-11-18/h14,16H,2-13H2,1H3. The molecule has 2 saturated heterocycles. The summed E-state index contributed by atoms with van der Waals surface area (Å²) < 4.78 is 0. The smallest absolute Gasteiger partial charge is 0.236 e. The summed E-state index contributed by atoms with van der Waals surface area (Å²) in [5, 5.41) is 3.37. The second-order valence-electron chi connectivity index (χ2n) is 6.06. The monoisotopic (exact) mass is 267 g/mol. The molecule has 0 aromatic carbocycles. The van der Waals surface area contributed by atoms with E-state index < -0.39 is 0 Å². The fourth-order valence-electron chi connectivity index (χ4n) is 3.18. The molecule has 4 heteroatoms. The maximum absolute atomic E-state index is 12.1. The van der Waals surface area contributed by atoms with Gasteiger partial charge in [-0.05, 0) is 39.3 Å². The van der Waals surface area contributed by atoms with Crippen molar-refractivity contribution in [3.05, 3.63) is 0 Å². The van der Waals surface area contributed by atoms with E-state index in [1.807, 2.05) is 4.90 Å². The summed E-state index contributed by atoms with van der Waals surface area (Å²) in [6, 6.07) is 0.616. The number of nitrogens with one attached hydrogen (secondary N) is 1. The lowest BCUT2D eigenvalue weighted by atomic mass is 10.0. The van der Waals surface area contributed by atoms with Crippen LogP contribution in [-0.4, -0.2) is 61.5 Å². The van der Waals surface area contributed by atoms with Crippen molar-refractivity contribution in [1.29, 1.82) is 0 Å². The highest BCUT2D eigenvalue weighted by Gasteiger charge is 2.19. The molecule has 0 spiro atoms. The number of rotatable bonds is 4. The van der Waals surface area contributed by atoms with Crippen LogP contribution in [0.3, 0.4) is 0 Å². The molecule has 0 aliphatic carbocycles. The lowest BCUT2D eigenvalue weighted by Crippen LogP contribution is -2.46. The van der Waals surface area contributed by atoms with Gasteiger partial charge in [0.25, 0.3) is 0 Å². The van der Waals surface area contributed by atoms with E-state index in [4.69, 9.17) is 0 Å². The van der Waals surface area contributed by atoms with Crippen LogP contribution in [0, 0.1) is 0 Å². The highest BCUT2D eigenvalue weighted by molar-refractivity contribution is 5.78. The largest absolute Gasteiger partial charge is 0.342 e. The molecule has 0 bridgehead atoms. The summed E-state index contributed by atoms with van der Waals surface area (Å²) in [4.78, 5) is 16.6. The van der Waals surface area contributed by atoms with Gasteiger partial charge in [-0.15, -0.1) is 0 Å². The van der Waals surface area contributed by atoms with Crippen LogP contribution in [0.25, 0.3) is 0 Å². The first-order chi connectivity index (χ1) is 9.27. The Kier molecular flexibility index (Phi) is 6.11. The van der Waals surface area contributed by atoms with E-state index in [0.29, 0.717) is 18.5 Å². The summed E-state index contributed by atoms with van der Waals surface area (Å²) >= 11 is 0. The van der Waals surface area contributed by atoms with Gasteiger partial charge in [0.15, 0.2) is 0 Å². The number of hydrogen-bond acceptors (Lipinski definition) is 3. The Balaban J connectivity index is 1.65. The van der Waals surface area contributed by atoms with E-state index in [2.05, 4.69) is 17.3 Å². The van der Waals surface area contributed by atoms with Gasteiger partial charge < -0.3 is 15.1 Å². The van der Waals surface area contributed by atoms with E-state index in [0.717, 1.165) is 19.6 Å². The zero-order valence-corrected chi connectivity index (χ0v) is 12.4. The molecule has 110 valence electrons. The molecule has 2 aliphatic heterocycles. The molecular weight excluding hydrogens is 238 g/mol. The predicted octanol–water partition coefficient (Wildman–Crippen LogP) is 1.46. The quantitative estimate of drug-likeness (QED) is 0.838. The van der Waals surface area contributed by atoms with Gasteiger partial charge in [-0.1, -0.05) is 19.3 Å². The van der Waals surface area contributed by atoms with Gasteiger partial charge in [-0.25, -0.2) is 0 Å². The number of likely N-dealkylation sites (N-methyl/N-ethyl adjacent to an activating group) is 1. The van der Waals surface area contributed by atoms with Gasteiger partial charge in [0, 0.05) is 25.7 Å². The molecule has 2 aliphatic rings. The molecule has 0 radical (unpaired) electrons. The summed E-state index contributed by atoms with van der Waals surface area (Å²) in [7, 11) is 2.20. The molecule has 1 unspecified atom stereocenters. The van der Waals surface area contributed by atoms with E-state index >= 15 is 0 Å². The Morgan fingerprint density at radius 3 is 2.42 bits per heavy atom. The molecular formula is C15H29N3O. The van der Waals surface area contributed by atoms with E-state index in [1.54, 1.807) is 0 Å². The van der Waals surface area contributed by atoms with Gasteiger partial charge in [-0.3, -0.25) is 4.79 Å². The topological polar surface area (TPSA) is 35.6 Å². The molecule has 1 amide bonds. The highest BCUT2D eigenvalue weighted by atomic mass is 16.2. The second-order valence-corrected chi connectivity index (χ2v) is 6.06. The SMILES string of the molecule is CN1CCCCC1CNCC(=O)N1CCCCCC1. The number of piperidine rings is 1. The molecule has 2 fully saturated rings. The maximum Gasteiger partial charge on any atom is 0.236 e. The van der Waals surface area contributed by atoms with Crippen molar-refractivity contribution < 1.29 is 4.79 Å². The summed E-state index contributed by atoms with van der Waals surface area (Å²) in [6.45, 7) is 4.60. The van der Waals surface area contributed by atoms with Gasteiger partial charge in [-0.2, -0.15) is 0 Å². The molecule has 4 nitrogen and oxygen atoms in total. The van der Waals surface area contributed by atoms with Gasteiger partial charge in [0.05, 0.1) is 6.54 Å². The zero-order chi connectivity index (χ0) is 13.5. The third-order valence-electron chi connectivity index (χ3n) is 4.54. The predicted molar refractivity (Wildman–Crippen MR) is 78.2 cm³/mol. The highest BCUT2D eigenvalue weighted by Crippen LogP contribution is 2.14. The number of carbonyl (C=O) groups is 1. The molecule has 0 aromatic heterocycles. The average Bonchev–Trinajstić information content (AvgIpc) is 2.70. The lowest BCUT2D eigenvalue weighted by molar-refractivity contribution is -0.130. The fraction of sp³-hybridized carbons (Fsp3) is 0.933. The van der Waals surface area contributed by atoms with Crippen LogP contribution in [0.5, 0.6) is 0 Å². The summed E-state index contributed by atoms with van der Waals surface area (Å²) in [5.74, 6) is 0.292. The van der Waals surface area contributed by atoms with Gasteiger partial charge >= 0.3 is 0 Å². The minimum Gasteiger partial charge on any atom is -0.342 e. The number of carbonyl (C=O) groups excluding carboxylic acids is 1. The molecule has 19 heavy (non-hydrogen) atoms. The number of nitrogens with zero attached hydrogens (tertiary/aromatic N) is 2. The van der Waals surface area contributed by atoms with Gasteiger partial charge in [0.1, 0.15) is 0 Å². The Morgan fingerprint density at radius 1 is 1.05 bits per heavy atom.